The van der Waals surface area contributed by atoms with Gasteiger partial charge in [-0.15, -0.1) is 11.3 Å². The molecular weight excluding hydrogens is 410 g/mol. The summed E-state index contributed by atoms with van der Waals surface area (Å²) in [6.07, 6.45) is 6.02. The van der Waals surface area contributed by atoms with Crippen LogP contribution in [0.3, 0.4) is 0 Å². The lowest BCUT2D eigenvalue weighted by Gasteiger charge is -2.30. The van der Waals surface area contributed by atoms with Crippen LogP contribution in [0.1, 0.15) is 23.3 Å². The Labute approximate surface area is 173 Å². The van der Waals surface area contributed by atoms with Gasteiger partial charge in [-0.1, -0.05) is 18.2 Å². The summed E-state index contributed by atoms with van der Waals surface area (Å²) in [5.74, 6) is -0.235. The van der Waals surface area contributed by atoms with Crippen molar-refractivity contribution in [3.8, 4) is 16.3 Å². The number of nitrogens with one attached hydrogen (secondary N) is 1. The van der Waals surface area contributed by atoms with E-state index in [0.29, 0.717) is 31.6 Å². The molecule has 1 aliphatic heterocycles. The highest BCUT2D eigenvalue weighted by Crippen LogP contribution is 2.24. The van der Waals surface area contributed by atoms with Gasteiger partial charge in [-0.05, 0) is 25.0 Å². The average molecular weight is 432 g/mol. The first kappa shape index (κ1) is 19.7. The lowest BCUT2D eigenvalue weighted by Crippen LogP contribution is -2.46. The number of piperidine rings is 1. The largest absolute Gasteiger partial charge is 0.348 e. The Morgan fingerprint density at radius 2 is 1.93 bits per heavy atom. The highest BCUT2D eigenvalue weighted by atomic mass is 32.2. The standard InChI is InChI=1S/C19H21N5O3S2/c1-29(26,27)23-9-7-15(8-10-23)21-18(25)17-13-28-19(22-17)14-11-20-24(12-14)16-5-3-2-4-6-16/h2-6,11-13,15H,7-10H2,1H3,(H,21,25). The predicted molar refractivity (Wildman–Crippen MR) is 112 cm³/mol. The molecule has 0 radical (unpaired) electrons. The molecule has 152 valence electrons. The van der Waals surface area contributed by atoms with E-state index in [0.717, 1.165) is 16.3 Å². The third kappa shape index (κ3) is 4.55. The second kappa shape index (κ2) is 8.05. The van der Waals surface area contributed by atoms with Crippen molar-refractivity contribution in [1.29, 1.82) is 0 Å². The van der Waals surface area contributed by atoms with Gasteiger partial charge >= 0.3 is 0 Å². The molecule has 0 saturated carbocycles. The van der Waals surface area contributed by atoms with Crippen LogP contribution >= 0.6 is 11.3 Å². The van der Waals surface area contributed by atoms with Crippen molar-refractivity contribution >= 4 is 27.3 Å². The number of carbonyl (C=O) groups is 1. The monoisotopic (exact) mass is 431 g/mol. The third-order valence-corrected chi connectivity index (χ3v) is 7.04. The molecule has 10 heteroatoms. The van der Waals surface area contributed by atoms with E-state index in [4.69, 9.17) is 0 Å². The summed E-state index contributed by atoms with van der Waals surface area (Å²) in [5.41, 5.74) is 2.16. The van der Waals surface area contributed by atoms with E-state index in [1.54, 1.807) is 16.3 Å². The Kier molecular flexibility index (Phi) is 5.48. The number of sulfonamides is 1. The molecule has 1 amide bonds. The topological polar surface area (TPSA) is 97.2 Å². The molecule has 0 bridgehead atoms. The van der Waals surface area contributed by atoms with Crippen molar-refractivity contribution in [2.45, 2.75) is 18.9 Å². The summed E-state index contributed by atoms with van der Waals surface area (Å²) >= 11 is 1.39. The van der Waals surface area contributed by atoms with Crippen molar-refractivity contribution in [1.82, 2.24) is 24.4 Å². The SMILES string of the molecule is CS(=O)(=O)N1CCC(NC(=O)c2csc(-c3cnn(-c4ccccc4)c3)n2)CC1. The molecule has 1 aliphatic rings. The van der Waals surface area contributed by atoms with E-state index in [1.165, 1.54) is 21.9 Å². The Morgan fingerprint density at radius 1 is 1.21 bits per heavy atom. The molecule has 2 aromatic heterocycles. The maximum absolute atomic E-state index is 12.5. The number of thiazole rings is 1. The third-order valence-electron chi connectivity index (χ3n) is 4.85. The van der Waals surface area contributed by atoms with Crippen LogP contribution in [0.5, 0.6) is 0 Å². The highest BCUT2D eigenvalue weighted by Gasteiger charge is 2.26. The molecule has 0 spiro atoms. The molecule has 3 aromatic rings. The predicted octanol–water partition coefficient (Wildman–Crippen LogP) is 2.15. The van der Waals surface area contributed by atoms with E-state index in [2.05, 4.69) is 15.4 Å². The van der Waals surface area contributed by atoms with Gasteiger partial charge in [-0.3, -0.25) is 4.79 Å². The number of rotatable bonds is 5. The van der Waals surface area contributed by atoms with Gasteiger partial charge in [0.05, 0.1) is 18.1 Å². The minimum atomic E-state index is -3.17. The van der Waals surface area contributed by atoms with E-state index < -0.39 is 10.0 Å². The second-order valence-corrected chi connectivity index (χ2v) is 9.80. The molecule has 29 heavy (non-hydrogen) atoms. The summed E-state index contributed by atoms with van der Waals surface area (Å²) in [7, 11) is -3.17. The van der Waals surface area contributed by atoms with E-state index in [1.807, 2.05) is 36.5 Å². The smallest absolute Gasteiger partial charge is 0.270 e. The molecule has 3 heterocycles. The quantitative estimate of drug-likeness (QED) is 0.668. The minimum Gasteiger partial charge on any atom is -0.348 e. The molecule has 0 unspecified atom stereocenters. The molecule has 1 aromatic carbocycles. The van der Waals surface area contributed by atoms with E-state index >= 15 is 0 Å². The van der Waals surface area contributed by atoms with Gasteiger partial charge in [0.2, 0.25) is 10.0 Å². The number of benzene rings is 1. The van der Waals surface area contributed by atoms with Gasteiger partial charge < -0.3 is 5.32 Å². The molecule has 4 rings (SSSR count). The van der Waals surface area contributed by atoms with Crippen LogP contribution in [0, 0.1) is 0 Å². The molecule has 1 saturated heterocycles. The number of amides is 1. The summed E-state index contributed by atoms with van der Waals surface area (Å²) < 4.78 is 26.4. The molecule has 1 N–H and O–H groups in total. The first-order chi connectivity index (χ1) is 13.9. The fourth-order valence-electron chi connectivity index (χ4n) is 3.26. The Morgan fingerprint density at radius 3 is 2.62 bits per heavy atom. The van der Waals surface area contributed by atoms with Crippen molar-refractivity contribution in [3.63, 3.8) is 0 Å². The second-order valence-electron chi connectivity index (χ2n) is 6.96. The number of hydrogen-bond acceptors (Lipinski definition) is 6. The lowest BCUT2D eigenvalue weighted by molar-refractivity contribution is 0.0919. The van der Waals surface area contributed by atoms with Crippen LogP contribution in [0.15, 0.2) is 48.1 Å². The summed E-state index contributed by atoms with van der Waals surface area (Å²) in [4.78, 5) is 17.0. The van der Waals surface area contributed by atoms with Gasteiger partial charge in [0.1, 0.15) is 10.7 Å². The van der Waals surface area contributed by atoms with Crippen LogP contribution in [0.25, 0.3) is 16.3 Å². The van der Waals surface area contributed by atoms with Gasteiger partial charge in [-0.2, -0.15) is 5.10 Å². The minimum absolute atomic E-state index is 0.0496. The molecule has 8 nitrogen and oxygen atoms in total. The number of aromatic nitrogens is 3. The first-order valence-corrected chi connectivity index (χ1v) is 11.9. The Bertz CT molecular complexity index is 1100. The zero-order valence-electron chi connectivity index (χ0n) is 15.9. The van der Waals surface area contributed by atoms with E-state index in [9.17, 15) is 13.2 Å². The van der Waals surface area contributed by atoms with Crippen LogP contribution in [0.2, 0.25) is 0 Å². The Hall–Kier alpha value is -2.56. The van der Waals surface area contributed by atoms with Crippen LogP contribution in [-0.2, 0) is 10.0 Å². The average Bonchev–Trinajstić information content (AvgIpc) is 3.38. The number of para-hydroxylation sites is 1. The zero-order chi connectivity index (χ0) is 20.4. The van der Waals surface area contributed by atoms with Crippen molar-refractivity contribution in [3.05, 3.63) is 53.8 Å². The van der Waals surface area contributed by atoms with Gasteiger partial charge in [0, 0.05) is 36.3 Å². The van der Waals surface area contributed by atoms with Crippen molar-refractivity contribution in [2.24, 2.45) is 0 Å². The van der Waals surface area contributed by atoms with Crippen LogP contribution in [0.4, 0.5) is 0 Å². The van der Waals surface area contributed by atoms with Crippen molar-refractivity contribution < 1.29 is 13.2 Å². The first-order valence-electron chi connectivity index (χ1n) is 9.22. The van der Waals surface area contributed by atoms with Gasteiger partial charge in [0.15, 0.2) is 0 Å². The van der Waals surface area contributed by atoms with Crippen molar-refractivity contribution in [2.75, 3.05) is 19.3 Å². The molecule has 1 fully saturated rings. The van der Waals surface area contributed by atoms with E-state index in [-0.39, 0.29) is 11.9 Å². The lowest BCUT2D eigenvalue weighted by atomic mass is 10.1. The summed E-state index contributed by atoms with van der Waals surface area (Å²) in [5, 5.41) is 9.79. The number of carbonyl (C=O) groups excluding carboxylic acids is 1. The zero-order valence-corrected chi connectivity index (χ0v) is 17.5. The fourth-order valence-corrected chi connectivity index (χ4v) is 4.91. The Balaban J connectivity index is 1.39. The van der Waals surface area contributed by atoms with Crippen LogP contribution < -0.4 is 5.32 Å². The summed E-state index contributed by atoms with van der Waals surface area (Å²) in [6, 6.07) is 9.72. The maximum atomic E-state index is 12.5. The maximum Gasteiger partial charge on any atom is 0.270 e. The van der Waals surface area contributed by atoms with Gasteiger partial charge in [-0.25, -0.2) is 22.4 Å². The highest BCUT2D eigenvalue weighted by molar-refractivity contribution is 7.88. The molecule has 0 aliphatic carbocycles. The molecule has 0 atom stereocenters. The van der Waals surface area contributed by atoms with Crippen LogP contribution in [-0.4, -0.2) is 58.8 Å². The number of hydrogen-bond donors (Lipinski definition) is 1. The van der Waals surface area contributed by atoms with Gasteiger partial charge in [0.25, 0.3) is 5.91 Å². The summed E-state index contributed by atoms with van der Waals surface area (Å²) in [6.45, 7) is 0.843. The normalized spacial score (nSPS) is 16.0. The number of nitrogens with zero attached hydrogens (tertiary/aromatic N) is 4. The fraction of sp³-hybridized carbons (Fsp3) is 0.316. The molecular formula is C19H21N5O3S2.